The molecular weight excluding hydrogens is 404 g/mol. The number of carbonyl (C=O) groups is 1. The zero-order chi connectivity index (χ0) is 21.2. The highest BCUT2D eigenvalue weighted by atomic mass is 32.2. The van der Waals surface area contributed by atoms with Crippen LogP contribution in [0.25, 0.3) is 0 Å². The number of unbranched alkanes of at least 4 members (excludes halogenated alkanes) is 2. The first-order valence-corrected chi connectivity index (χ1v) is 11.2. The van der Waals surface area contributed by atoms with Gasteiger partial charge in [-0.1, -0.05) is 36.8 Å². The van der Waals surface area contributed by atoms with Gasteiger partial charge in [0.1, 0.15) is 17.5 Å². The molecule has 0 radical (unpaired) electrons. The van der Waals surface area contributed by atoms with Gasteiger partial charge in [0.2, 0.25) is 5.91 Å². The third kappa shape index (κ3) is 6.94. The molecule has 162 valence electrons. The normalized spacial score (nSPS) is 18.4. The number of aromatic nitrogens is 2. The van der Waals surface area contributed by atoms with E-state index in [2.05, 4.69) is 27.8 Å². The Kier molecular flexibility index (Phi) is 8.88. The Bertz CT molecular complexity index is 862. The lowest BCUT2D eigenvalue weighted by molar-refractivity contribution is -0.116. The second-order valence-electron chi connectivity index (χ2n) is 7.06. The summed E-state index contributed by atoms with van der Waals surface area (Å²) in [5.74, 6) is 0.665. The molecule has 1 fully saturated rings. The summed E-state index contributed by atoms with van der Waals surface area (Å²) >= 11 is 1.45. The molecule has 30 heavy (non-hydrogen) atoms. The number of nitrogens with one attached hydrogen (secondary N) is 2. The van der Waals surface area contributed by atoms with Crippen LogP contribution in [0, 0.1) is 0 Å². The average molecular weight is 433 g/mol. The maximum Gasteiger partial charge on any atom is 0.351 e. The predicted octanol–water partition coefficient (Wildman–Crippen LogP) is 2.11. The standard InChI is InChI=1S/C21H28N4O4S/c26-14-20-29-19(15-30-20)25-12-10-17(24-21(25)28)23-18(27)9-5-2-6-11-22-13-16-7-3-1-4-8-16/h1,3-4,7-8,10,12,19-20,22,26H,2,5-6,9,11,13-15H2,(H,23,24,27,28). The number of amides is 1. The van der Waals surface area contributed by atoms with Gasteiger partial charge in [0.15, 0.2) is 0 Å². The van der Waals surface area contributed by atoms with Crippen LogP contribution in [-0.4, -0.2) is 44.9 Å². The Morgan fingerprint density at radius 2 is 2.07 bits per heavy atom. The average Bonchev–Trinajstić information content (AvgIpc) is 3.23. The van der Waals surface area contributed by atoms with E-state index in [0.29, 0.717) is 12.2 Å². The number of carbonyl (C=O) groups excluding carboxylic acids is 1. The fourth-order valence-electron chi connectivity index (χ4n) is 3.13. The van der Waals surface area contributed by atoms with Crippen molar-refractivity contribution >= 4 is 23.5 Å². The van der Waals surface area contributed by atoms with Crippen molar-refractivity contribution in [2.45, 2.75) is 43.9 Å². The minimum Gasteiger partial charge on any atom is -0.393 e. The molecule has 0 bridgehead atoms. The molecule has 8 nitrogen and oxygen atoms in total. The van der Waals surface area contributed by atoms with Crippen LogP contribution >= 0.6 is 11.8 Å². The lowest BCUT2D eigenvalue weighted by atomic mass is 10.2. The minimum absolute atomic E-state index is 0.0967. The topological polar surface area (TPSA) is 105 Å². The van der Waals surface area contributed by atoms with Crippen LogP contribution in [0.3, 0.4) is 0 Å². The largest absolute Gasteiger partial charge is 0.393 e. The van der Waals surface area contributed by atoms with E-state index in [1.165, 1.54) is 21.9 Å². The van der Waals surface area contributed by atoms with Crippen molar-refractivity contribution in [3.05, 3.63) is 58.6 Å². The van der Waals surface area contributed by atoms with Crippen molar-refractivity contribution in [1.29, 1.82) is 0 Å². The summed E-state index contributed by atoms with van der Waals surface area (Å²) in [4.78, 5) is 28.2. The first-order chi connectivity index (χ1) is 14.7. The number of benzene rings is 1. The van der Waals surface area contributed by atoms with Gasteiger partial charge in [-0.25, -0.2) is 4.79 Å². The van der Waals surface area contributed by atoms with Gasteiger partial charge in [0, 0.05) is 24.9 Å². The molecule has 0 spiro atoms. The van der Waals surface area contributed by atoms with E-state index in [1.54, 1.807) is 12.3 Å². The summed E-state index contributed by atoms with van der Waals surface area (Å²) < 4.78 is 6.94. The molecule has 1 aromatic heterocycles. The van der Waals surface area contributed by atoms with Gasteiger partial charge in [-0.2, -0.15) is 4.98 Å². The first-order valence-electron chi connectivity index (χ1n) is 10.2. The van der Waals surface area contributed by atoms with E-state index in [1.807, 2.05) is 18.2 Å². The van der Waals surface area contributed by atoms with E-state index < -0.39 is 11.9 Å². The van der Waals surface area contributed by atoms with E-state index in [9.17, 15) is 9.59 Å². The molecular formula is C21H28N4O4S. The van der Waals surface area contributed by atoms with Gasteiger partial charge in [-0.15, -0.1) is 11.8 Å². The Hall–Kier alpha value is -2.20. The van der Waals surface area contributed by atoms with Crippen molar-refractivity contribution in [3.8, 4) is 0 Å². The molecule has 2 atom stereocenters. The number of nitrogens with zero attached hydrogens (tertiary/aromatic N) is 2. The number of hydrogen-bond acceptors (Lipinski definition) is 7. The molecule has 1 saturated heterocycles. The zero-order valence-electron chi connectivity index (χ0n) is 16.8. The van der Waals surface area contributed by atoms with Gasteiger partial charge in [0.25, 0.3) is 0 Å². The lowest BCUT2D eigenvalue weighted by Crippen LogP contribution is -2.29. The van der Waals surface area contributed by atoms with Crippen LogP contribution in [0.1, 0.15) is 37.5 Å². The Morgan fingerprint density at radius 3 is 2.80 bits per heavy atom. The fourth-order valence-corrected chi connectivity index (χ4v) is 4.06. The van der Waals surface area contributed by atoms with Crippen molar-refractivity contribution in [2.24, 2.45) is 0 Å². The van der Waals surface area contributed by atoms with E-state index in [-0.39, 0.29) is 23.8 Å². The monoisotopic (exact) mass is 432 g/mol. The van der Waals surface area contributed by atoms with Crippen molar-refractivity contribution in [2.75, 3.05) is 24.2 Å². The summed E-state index contributed by atoms with van der Waals surface area (Å²) in [7, 11) is 0. The van der Waals surface area contributed by atoms with Crippen LogP contribution in [0.5, 0.6) is 0 Å². The molecule has 3 N–H and O–H groups in total. The maximum atomic E-state index is 12.2. The Balaban J connectivity index is 1.32. The summed E-state index contributed by atoms with van der Waals surface area (Å²) in [6, 6.07) is 11.8. The predicted molar refractivity (Wildman–Crippen MR) is 117 cm³/mol. The van der Waals surface area contributed by atoms with Crippen LogP contribution in [0.4, 0.5) is 5.82 Å². The summed E-state index contributed by atoms with van der Waals surface area (Å²) in [6.45, 7) is 1.67. The highest BCUT2D eigenvalue weighted by Crippen LogP contribution is 2.30. The number of aliphatic hydroxyl groups is 1. The van der Waals surface area contributed by atoms with Gasteiger partial charge >= 0.3 is 5.69 Å². The lowest BCUT2D eigenvalue weighted by Gasteiger charge is -2.14. The molecule has 1 aliphatic rings. The molecule has 9 heteroatoms. The molecule has 1 aromatic carbocycles. The second kappa shape index (κ2) is 11.8. The second-order valence-corrected chi connectivity index (χ2v) is 8.25. The molecule has 2 heterocycles. The van der Waals surface area contributed by atoms with Gasteiger partial charge in [-0.05, 0) is 31.0 Å². The molecule has 0 saturated carbocycles. The Labute approximate surface area is 180 Å². The minimum atomic E-state index is -0.485. The fraction of sp³-hybridized carbons (Fsp3) is 0.476. The number of anilines is 1. The van der Waals surface area contributed by atoms with E-state index >= 15 is 0 Å². The SMILES string of the molecule is O=C(CCCCCNCc1ccccc1)Nc1ccn(C2CSC(CO)O2)c(=O)n1. The van der Waals surface area contributed by atoms with Crippen LogP contribution in [0.2, 0.25) is 0 Å². The van der Waals surface area contributed by atoms with Crippen molar-refractivity contribution in [3.63, 3.8) is 0 Å². The van der Waals surface area contributed by atoms with Crippen molar-refractivity contribution < 1.29 is 14.6 Å². The maximum absolute atomic E-state index is 12.2. The number of ether oxygens (including phenoxy) is 1. The van der Waals surface area contributed by atoms with Gasteiger partial charge < -0.3 is 20.5 Å². The molecule has 1 aliphatic heterocycles. The van der Waals surface area contributed by atoms with Crippen molar-refractivity contribution in [1.82, 2.24) is 14.9 Å². The quantitative estimate of drug-likeness (QED) is 0.467. The van der Waals surface area contributed by atoms with Gasteiger partial charge in [-0.3, -0.25) is 9.36 Å². The highest BCUT2D eigenvalue weighted by Gasteiger charge is 2.27. The molecule has 3 rings (SSSR count). The zero-order valence-corrected chi connectivity index (χ0v) is 17.6. The number of hydrogen-bond donors (Lipinski definition) is 3. The van der Waals surface area contributed by atoms with Crippen LogP contribution in [-0.2, 0) is 16.1 Å². The van der Waals surface area contributed by atoms with Crippen LogP contribution in [0.15, 0.2) is 47.4 Å². The Morgan fingerprint density at radius 1 is 1.23 bits per heavy atom. The smallest absolute Gasteiger partial charge is 0.351 e. The summed E-state index contributed by atoms with van der Waals surface area (Å²) in [6.07, 6.45) is 4.24. The van der Waals surface area contributed by atoms with Gasteiger partial charge in [0.05, 0.1) is 6.61 Å². The van der Waals surface area contributed by atoms with E-state index in [0.717, 1.165) is 32.4 Å². The molecule has 1 amide bonds. The molecule has 0 aliphatic carbocycles. The first kappa shape index (κ1) is 22.5. The third-order valence-corrected chi connectivity index (χ3v) is 5.83. The number of thioether (sulfide) groups is 1. The third-order valence-electron chi connectivity index (χ3n) is 4.72. The van der Waals surface area contributed by atoms with E-state index in [4.69, 9.17) is 9.84 Å². The highest BCUT2D eigenvalue weighted by molar-refractivity contribution is 8.00. The summed E-state index contributed by atoms with van der Waals surface area (Å²) in [5.41, 5.74) is 0.453. The summed E-state index contributed by atoms with van der Waals surface area (Å²) in [5, 5.41) is 15.2. The number of aliphatic hydroxyl groups excluding tert-OH is 1. The molecule has 2 aromatic rings. The number of rotatable bonds is 11. The molecule has 2 unspecified atom stereocenters. The van der Waals surface area contributed by atoms with Crippen LogP contribution < -0.4 is 16.3 Å².